The van der Waals surface area contributed by atoms with Crippen LogP contribution in [0, 0.1) is 5.92 Å². The number of hydrogen-bond acceptors (Lipinski definition) is 2. The van der Waals surface area contributed by atoms with Gasteiger partial charge in [-0.3, -0.25) is 10.1 Å². The summed E-state index contributed by atoms with van der Waals surface area (Å²) in [6.07, 6.45) is 5.55. The number of aryl methyl sites for hydroxylation is 2. The van der Waals surface area contributed by atoms with Crippen molar-refractivity contribution in [2.24, 2.45) is 5.92 Å². The van der Waals surface area contributed by atoms with Crippen molar-refractivity contribution in [3.63, 3.8) is 0 Å². The average Bonchev–Trinajstić information content (AvgIpc) is 2.45. The Morgan fingerprint density at radius 3 is 2.48 bits per heavy atom. The van der Waals surface area contributed by atoms with Gasteiger partial charge in [0.1, 0.15) is 6.04 Å². The lowest BCUT2D eigenvalue weighted by atomic mass is 9.89. The van der Waals surface area contributed by atoms with Crippen molar-refractivity contribution in [1.29, 1.82) is 0 Å². The first-order valence-corrected chi connectivity index (χ1v) is 8.08. The fourth-order valence-corrected chi connectivity index (χ4v) is 3.13. The minimum atomic E-state index is -0.756. The number of carbonyl (C=O) groups is 1. The summed E-state index contributed by atoms with van der Waals surface area (Å²) in [5, 5.41) is 12.6. The molecule has 1 aromatic carbocycles. The minimum Gasteiger partial charge on any atom is -0.480 e. The van der Waals surface area contributed by atoms with Crippen molar-refractivity contribution >= 4 is 5.97 Å². The summed E-state index contributed by atoms with van der Waals surface area (Å²) in [7, 11) is 0. The molecule has 3 nitrogen and oxygen atoms in total. The summed E-state index contributed by atoms with van der Waals surface area (Å²) in [6.45, 7) is 6.17. The van der Waals surface area contributed by atoms with Crippen LogP contribution in [0.3, 0.4) is 0 Å². The molecule has 0 saturated carbocycles. The van der Waals surface area contributed by atoms with E-state index in [0.717, 1.165) is 6.42 Å². The number of fused-ring (bicyclic) bond motifs is 1. The quantitative estimate of drug-likeness (QED) is 0.839. The normalized spacial score (nSPS) is 17.3. The van der Waals surface area contributed by atoms with Crippen molar-refractivity contribution in [2.75, 3.05) is 0 Å². The van der Waals surface area contributed by atoms with Crippen LogP contribution in [0.5, 0.6) is 0 Å². The highest BCUT2D eigenvalue weighted by Crippen LogP contribution is 2.25. The lowest BCUT2D eigenvalue weighted by molar-refractivity contribution is -0.140. The molecular weight excluding hydrogens is 262 g/mol. The molecule has 0 heterocycles. The van der Waals surface area contributed by atoms with Gasteiger partial charge in [0.25, 0.3) is 0 Å². The van der Waals surface area contributed by atoms with Gasteiger partial charge >= 0.3 is 5.97 Å². The van der Waals surface area contributed by atoms with Gasteiger partial charge in [-0.05, 0) is 61.6 Å². The Balaban J connectivity index is 2.08. The second-order valence-electron chi connectivity index (χ2n) is 6.64. The molecule has 3 heteroatoms. The van der Waals surface area contributed by atoms with Crippen molar-refractivity contribution in [1.82, 2.24) is 5.32 Å². The number of aliphatic carboxylic acids is 1. The molecule has 0 spiro atoms. The highest BCUT2D eigenvalue weighted by molar-refractivity contribution is 5.73. The van der Waals surface area contributed by atoms with Gasteiger partial charge in [0.05, 0.1) is 0 Å². The van der Waals surface area contributed by atoms with E-state index in [0.29, 0.717) is 12.3 Å². The molecule has 2 N–H and O–H groups in total. The van der Waals surface area contributed by atoms with E-state index in [-0.39, 0.29) is 6.04 Å². The van der Waals surface area contributed by atoms with E-state index in [4.69, 9.17) is 0 Å². The first-order valence-electron chi connectivity index (χ1n) is 8.08. The van der Waals surface area contributed by atoms with Crippen LogP contribution in [0.1, 0.15) is 62.8 Å². The van der Waals surface area contributed by atoms with E-state index in [2.05, 4.69) is 44.3 Å². The van der Waals surface area contributed by atoms with E-state index in [1.807, 2.05) is 0 Å². The Kier molecular flexibility index (Phi) is 5.40. The largest absolute Gasteiger partial charge is 0.480 e. The van der Waals surface area contributed by atoms with Crippen LogP contribution >= 0.6 is 0 Å². The zero-order valence-electron chi connectivity index (χ0n) is 13.4. The molecule has 0 bridgehead atoms. The third-order valence-electron chi connectivity index (χ3n) is 4.33. The monoisotopic (exact) mass is 289 g/mol. The topological polar surface area (TPSA) is 49.3 Å². The highest BCUT2D eigenvalue weighted by Gasteiger charge is 2.22. The van der Waals surface area contributed by atoms with Gasteiger partial charge in [0.15, 0.2) is 0 Å². The van der Waals surface area contributed by atoms with Crippen LogP contribution < -0.4 is 5.32 Å². The second kappa shape index (κ2) is 7.08. The zero-order valence-corrected chi connectivity index (χ0v) is 13.4. The van der Waals surface area contributed by atoms with Crippen molar-refractivity contribution in [3.8, 4) is 0 Å². The maximum absolute atomic E-state index is 11.4. The van der Waals surface area contributed by atoms with Crippen LogP contribution in [0.2, 0.25) is 0 Å². The Labute approximate surface area is 127 Å². The minimum absolute atomic E-state index is 0.0667. The van der Waals surface area contributed by atoms with E-state index in [9.17, 15) is 9.90 Å². The van der Waals surface area contributed by atoms with Crippen LogP contribution in [-0.4, -0.2) is 17.1 Å². The molecule has 1 aliphatic carbocycles. The predicted octanol–water partition coefficient (Wildman–Crippen LogP) is 3.72. The molecule has 1 aromatic rings. The summed E-state index contributed by atoms with van der Waals surface area (Å²) >= 11 is 0. The fraction of sp³-hybridized carbons (Fsp3) is 0.611. The Morgan fingerprint density at radius 2 is 1.86 bits per heavy atom. The maximum atomic E-state index is 11.4. The highest BCUT2D eigenvalue weighted by atomic mass is 16.4. The predicted molar refractivity (Wildman–Crippen MR) is 85.5 cm³/mol. The van der Waals surface area contributed by atoms with Crippen LogP contribution in [0.25, 0.3) is 0 Å². The molecule has 2 atom stereocenters. The van der Waals surface area contributed by atoms with Crippen LogP contribution in [0.4, 0.5) is 0 Å². The Bertz CT molecular complexity index is 496. The molecule has 116 valence electrons. The van der Waals surface area contributed by atoms with E-state index in [1.54, 1.807) is 0 Å². The number of hydrogen-bond donors (Lipinski definition) is 2. The average molecular weight is 289 g/mol. The van der Waals surface area contributed by atoms with Gasteiger partial charge in [-0.25, -0.2) is 0 Å². The number of rotatable bonds is 6. The van der Waals surface area contributed by atoms with E-state index in [1.165, 1.54) is 36.0 Å². The molecule has 0 radical (unpaired) electrons. The summed E-state index contributed by atoms with van der Waals surface area (Å²) in [4.78, 5) is 11.4. The number of benzene rings is 1. The molecule has 0 saturated heterocycles. The molecule has 2 rings (SSSR count). The van der Waals surface area contributed by atoms with Crippen LogP contribution in [0.15, 0.2) is 18.2 Å². The SMILES string of the molecule is CC(C)CC(NC(C)c1ccc2c(c1)CCCC2)C(=O)O. The summed E-state index contributed by atoms with van der Waals surface area (Å²) in [6, 6.07) is 6.23. The number of nitrogens with one attached hydrogen (secondary N) is 1. The Morgan fingerprint density at radius 1 is 1.19 bits per heavy atom. The maximum Gasteiger partial charge on any atom is 0.320 e. The van der Waals surface area contributed by atoms with E-state index < -0.39 is 12.0 Å². The van der Waals surface area contributed by atoms with Gasteiger partial charge in [0.2, 0.25) is 0 Å². The van der Waals surface area contributed by atoms with Gasteiger partial charge in [-0.1, -0.05) is 32.0 Å². The molecule has 21 heavy (non-hydrogen) atoms. The first-order chi connectivity index (χ1) is 9.97. The van der Waals surface area contributed by atoms with E-state index >= 15 is 0 Å². The third kappa shape index (κ3) is 4.31. The Hall–Kier alpha value is -1.35. The number of carboxylic acids is 1. The van der Waals surface area contributed by atoms with Gasteiger partial charge in [0, 0.05) is 6.04 Å². The van der Waals surface area contributed by atoms with Crippen molar-refractivity contribution in [2.45, 2.75) is 65.0 Å². The lowest BCUT2D eigenvalue weighted by Gasteiger charge is -2.24. The van der Waals surface area contributed by atoms with Crippen LogP contribution in [-0.2, 0) is 17.6 Å². The van der Waals surface area contributed by atoms with Gasteiger partial charge in [-0.15, -0.1) is 0 Å². The summed E-state index contributed by atoms with van der Waals surface area (Å²) in [5.74, 6) is -0.386. The third-order valence-corrected chi connectivity index (χ3v) is 4.33. The molecule has 1 aliphatic rings. The smallest absolute Gasteiger partial charge is 0.320 e. The molecule has 0 aromatic heterocycles. The van der Waals surface area contributed by atoms with Crippen molar-refractivity contribution in [3.05, 3.63) is 34.9 Å². The molecule has 0 aliphatic heterocycles. The molecule has 0 fully saturated rings. The van der Waals surface area contributed by atoms with Crippen molar-refractivity contribution < 1.29 is 9.90 Å². The second-order valence-corrected chi connectivity index (χ2v) is 6.64. The number of carboxylic acid groups (broad SMARTS) is 1. The molecule has 2 unspecified atom stereocenters. The summed E-state index contributed by atoms with van der Waals surface area (Å²) < 4.78 is 0. The molecular formula is C18H27NO2. The molecule has 0 amide bonds. The fourth-order valence-electron chi connectivity index (χ4n) is 3.13. The van der Waals surface area contributed by atoms with Gasteiger partial charge < -0.3 is 5.11 Å². The summed E-state index contributed by atoms with van der Waals surface area (Å²) in [5.41, 5.74) is 4.11. The first kappa shape index (κ1) is 16.0. The standard InChI is InChI=1S/C18H27NO2/c1-12(2)10-17(18(20)21)19-13(3)15-9-8-14-6-4-5-7-16(14)11-15/h8-9,11-13,17,19H,4-7,10H2,1-3H3,(H,20,21). The zero-order chi connectivity index (χ0) is 15.4. The van der Waals surface area contributed by atoms with Gasteiger partial charge in [-0.2, -0.15) is 0 Å². The lowest BCUT2D eigenvalue weighted by Crippen LogP contribution is -2.39.